The molecule has 4 saturated heterocycles. The van der Waals surface area contributed by atoms with E-state index in [0.29, 0.717) is 190 Å². The summed E-state index contributed by atoms with van der Waals surface area (Å²) in [5.41, 5.74) is 9.86. The predicted molar refractivity (Wildman–Crippen MR) is 564 cm³/mol. The van der Waals surface area contributed by atoms with E-state index in [4.69, 9.17) is 80.6 Å². The number of hydrogen-bond acceptors (Lipinski definition) is 27. The van der Waals surface area contributed by atoms with E-state index in [9.17, 15) is 71.9 Å². The number of benzene rings is 8. The molecule has 0 aliphatic carbocycles. The monoisotopic (exact) mass is 2120 g/mol. The van der Waals surface area contributed by atoms with Crippen LogP contribution in [0.15, 0.2) is 146 Å². The number of piperidine rings is 4. The van der Waals surface area contributed by atoms with Gasteiger partial charge in [-0.15, -0.1) is 0 Å². The fourth-order valence-corrected chi connectivity index (χ4v) is 18.9. The Morgan fingerprint density at radius 2 is 0.633 bits per heavy atom. The number of hydrogen-bond donors (Lipinski definition) is 11. The first kappa shape index (κ1) is 114. The smallest absolute Gasteiger partial charge is 0.415 e. The summed E-state index contributed by atoms with van der Waals surface area (Å²) >= 11 is 25.3. The van der Waals surface area contributed by atoms with Gasteiger partial charge in [0.2, 0.25) is 6.10 Å². The van der Waals surface area contributed by atoms with Gasteiger partial charge in [0, 0.05) is 185 Å². The molecule has 33 nitrogen and oxygen atoms in total. The molecule has 4 fully saturated rings. The number of likely N-dealkylation sites (tertiary alicyclic amines) is 4. The number of nitrogens with zero attached hydrogens (tertiary/aromatic N) is 10. The number of carboxylic acids is 1. The van der Waals surface area contributed by atoms with Gasteiger partial charge >= 0.3 is 18.2 Å². The van der Waals surface area contributed by atoms with Crippen molar-refractivity contribution in [1.29, 1.82) is 0 Å². The molecule has 41 heteroatoms. The second-order valence-electron chi connectivity index (χ2n) is 41.3. The van der Waals surface area contributed by atoms with Crippen molar-refractivity contribution in [2.45, 2.75) is 177 Å². The minimum atomic E-state index is -1.18. The molecule has 0 spiro atoms. The highest BCUT2D eigenvalue weighted by Crippen LogP contribution is 2.46. The van der Waals surface area contributed by atoms with Crippen LogP contribution >= 0.6 is 46.4 Å². The topological polar surface area (TPSA) is 378 Å². The minimum Gasteiger partial charge on any atom is -0.478 e. The highest BCUT2D eigenvalue weighted by Gasteiger charge is 2.44. The number of nitrogens with one attached hydrogen (secondary N) is 5. The summed E-state index contributed by atoms with van der Waals surface area (Å²) in [6.45, 7) is 20.3. The Bertz CT molecular complexity index is 5670. The summed E-state index contributed by atoms with van der Waals surface area (Å²) < 4.78 is 86.5. The molecule has 5 amide bonds. The summed E-state index contributed by atoms with van der Waals surface area (Å²) in [5.74, 6) is -1.35. The number of rotatable bonds is 23. The van der Waals surface area contributed by atoms with Crippen molar-refractivity contribution in [3.05, 3.63) is 211 Å². The van der Waals surface area contributed by atoms with Crippen LogP contribution in [0.2, 0.25) is 20.1 Å². The fourth-order valence-electron chi connectivity index (χ4n) is 17.6. The first-order valence-electron chi connectivity index (χ1n) is 49.0. The number of fused-ring (bicyclic) bond motifs is 4. The van der Waals surface area contributed by atoms with Gasteiger partial charge in [0.15, 0.2) is 18.3 Å². The van der Waals surface area contributed by atoms with Crippen LogP contribution in [-0.2, 0) is 54.8 Å². The third-order valence-corrected chi connectivity index (χ3v) is 27.6. The lowest BCUT2D eigenvalue weighted by Crippen LogP contribution is -2.55. The molecule has 0 saturated carbocycles. The Morgan fingerprint density at radius 3 is 0.898 bits per heavy atom. The van der Waals surface area contributed by atoms with Crippen LogP contribution in [0.1, 0.15) is 115 Å². The maximum absolute atomic E-state index is 13.3. The van der Waals surface area contributed by atoms with Gasteiger partial charge in [0.1, 0.15) is 57.5 Å². The van der Waals surface area contributed by atoms with Crippen LogP contribution in [0, 0.1) is 23.3 Å². The van der Waals surface area contributed by atoms with Gasteiger partial charge in [0.05, 0.1) is 114 Å². The van der Waals surface area contributed by atoms with Gasteiger partial charge in [-0.2, -0.15) is 0 Å². The molecule has 4 atom stereocenters. The molecule has 800 valence electrons. The van der Waals surface area contributed by atoms with E-state index in [-0.39, 0.29) is 73.6 Å². The van der Waals surface area contributed by atoms with E-state index in [1.807, 2.05) is 69.1 Å². The molecule has 8 aromatic rings. The SMILES string of the molecule is CN(C)c1cc2c(cc1Cl)N(C(=O)OC(C)(C)C)CC(C(=O)NCC1(O)CCN(Cc3ccc(F)cc3)CC1)O2.CN(C)c1cc2c(cc1Cl)N(C(=O)OC(C)(C)C)CC(C(=O)O)O2.CN(C)c1cc2c(cc1Cl)NCC(C(=O)NCC1(O)CCN(Cc3ccc(F)cc3)CC1)O2.CN(C)c1cc2c(cc1Cl)NCC(C(=O)NCC1(O)CCN(Cc3ccc(F)cc3)CC1)O2.NCC1(O)CCN(Cc2ccc(F)cc2)CC1. The Morgan fingerprint density at radius 1 is 0.388 bits per heavy atom. The molecular weight excluding hydrogens is 1990 g/mol. The Kier molecular flexibility index (Phi) is 38.8. The molecule has 0 bridgehead atoms. The molecule has 8 heterocycles. The van der Waals surface area contributed by atoms with Crippen molar-refractivity contribution in [3.8, 4) is 23.0 Å². The number of nitrogens with two attached hydrogens (primary N) is 1. The van der Waals surface area contributed by atoms with Crippen molar-refractivity contribution in [2.24, 2.45) is 5.73 Å². The third kappa shape index (κ3) is 32.6. The number of halogens is 8. The van der Waals surface area contributed by atoms with Crippen molar-refractivity contribution >= 4 is 128 Å². The lowest BCUT2D eigenvalue weighted by Gasteiger charge is -2.39. The van der Waals surface area contributed by atoms with Gasteiger partial charge in [-0.05, 0) is 188 Å². The Balaban J connectivity index is 0.000000167. The highest BCUT2D eigenvalue weighted by molar-refractivity contribution is 6.35. The summed E-state index contributed by atoms with van der Waals surface area (Å²) in [6, 6.07) is 39.7. The third-order valence-electron chi connectivity index (χ3n) is 26.4. The average Bonchev–Trinajstić information content (AvgIpc) is 0.772. The molecule has 0 radical (unpaired) electrons. The normalized spacial score (nSPS) is 19.1. The Hall–Kier alpha value is -11.3. The number of aliphatic hydroxyl groups is 4. The Labute approximate surface area is 876 Å². The standard InChI is InChI=1S/C29H38ClFN4O5.2C24H30ClFN4O3.C16H21ClN2O5.C13H19FN2O/c1-28(2,3)40-27(37)35-17-25(39-24-15-22(33(4)5)21(30)14-23(24)35)26(36)32-18-29(38)10-12-34(13-11-29)16-19-6-8-20(31)9-7-19;2*1-29(2)20-12-21-19(11-18(20)25)27-13-22(33-21)23(31)28-15-24(32)7-9-30(10-8-24)14-16-3-5-17(26)6-4-16;1-16(2,3)24-15(22)19-8-13(14(20)21)23-12-7-10(18(4)5)9(17)6-11(12)19;14-12-3-1-11(2-4-12)9-16-7-5-13(17,10-15)6-8-16/h6-9,14-15,25,38H,10-13,16-18H2,1-5H3,(H,32,36);2*3-6,11-12,22,27,32H,7-10,13-15H2,1-2H3,(H,28,31);6-7,13H,8H2,1-5H3,(H,20,21);1-4,17H,5-10,15H2. The summed E-state index contributed by atoms with van der Waals surface area (Å²) in [5, 5.41) is 69.4. The molecule has 8 aliphatic rings. The molecule has 8 aromatic carbocycles. The maximum atomic E-state index is 13.3. The number of anilines is 8. The average molecular weight is 2130 g/mol. The van der Waals surface area contributed by atoms with E-state index in [2.05, 4.69) is 46.2 Å². The molecule has 16 rings (SSSR count). The number of amides is 5. The van der Waals surface area contributed by atoms with Crippen molar-refractivity contribution < 1.29 is 100 Å². The highest BCUT2D eigenvalue weighted by atomic mass is 35.5. The van der Waals surface area contributed by atoms with Crippen LogP contribution in [0.3, 0.4) is 0 Å². The quantitative estimate of drug-likeness (QED) is 0.0265. The van der Waals surface area contributed by atoms with Crippen molar-refractivity contribution in [3.63, 3.8) is 0 Å². The zero-order chi connectivity index (χ0) is 107. The minimum absolute atomic E-state index is 0.0545. The summed E-state index contributed by atoms with van der Waals surface area (Å²) in [6.07, 6.45) is -0.298. The first-order chi connectivity index (χ1) is 69.3. The van der Waals surface area contributed by atoms with Gasteiger partial charge in [-0.3, -0.25) is 43.8 Å². The number of carboxylic acid groups (broad SMARTS) is 1. The van der Waals surface area contributed by atoms with Crippen molar-refractivity contribution in [1.82, 2.24) is 35.6 Å². The van der Waals surface area contributed by atoms with E-state index >= 15 is 0 Å². The van der Waals surface area contributed by atoms with Crippen molar-refractivity contribution in [2.75, 3.05) is 201 Å². The van der Waals surface area contributed by atoms with Crippen LogP contribution in [-0.4, -0.2) is 300 Å². The van der Waals surface area contributed by atoms with Crippen LogP contribution in [0.25, 0.3) is 0 Å². The largest absolute Gasteiger partial charge is 0.478 e. The summed E-state index contributed by atoms with van der Waals surface area (Å²) in [4.78, 5) is 94.6. The van der Waals surface area contributed by atoms with Gasteiger partial charge in [-0.1, -0.05) is 94.9 Å². The number of aliphatic carboxylic acids is 1. The number of carbonyl (C=O) groups is 6. The second kappa shape index (κ2) is 49.9. The first-order valence-corrected chi connectivity index (χ1v) is 50.5. The second-order valence-corrected chi connectivity index (χ2v) is 42.9. The molecular formula is C106H138Cl4F4N16O17. The van der Waals surface area contributed by atoms with Gasteiger partial charge in [0.25, 0.3) is 17.7 Å². The van der Waals surface area contributed by atoms with Gasteiger partial charge in [-0.25, -0.2) is 31.9 Å². The van der Waals surface area contributed by atoms with E-state index in [1.165, 1.54) is 58.3 Å². The van der Waals surface area contributed by atoms with E-state index in [1.54, 1.807) is 145 Å². The lowest BCUT2D eigenvalue weighted by molar-refractivity contribution is -0.144. The van der Waals surface area contributed by atoms with E-state index < -0.39 is 82.1 Å². The molecule has 4 unspecified atom stereocenters. The zero-order valence-electron chi connectivity index (χ0n) is 85.7. The maximum Gasteiger partial charge on any atom is 0.415 e. The molecule has 8 aliphatic heterocycles. The number of carbonyl (C=O) groups excluding carboxylic acids is 5. The molecule has 0 aromatic heterocycles. The van der Waals surface area contributed by atoms with Crippen LogP contribution in [0.5, 0.6) is 23.0 Å². The molecule has 12 N–H and O–H groups in total. The zero-order valence-corrected chi connectivity index (χ0v) is 88.7. The fraction of sp³-hybridized carbons (Fsp3) is 0.491. The lowest BCUT2D eigenvalue weighted by atomic mass is 9.91. The predicted octanol–water partition coefficient (Wildman–Crippen LogP) is 14.0. The number of ether oxygens (including phenoxy) is 6. The van der Waals surface area contributed by atoms with Crippen LogP contribution in [0.4, 0.5) is 72.6 Å². The molecule has 147 heavy (non-hydrogen) atoms. The summed E-state index contributed by atoms with van der Waals surface area (Å²) in [7, 11) is 14.8. The van der Waals surface area contributed by atoms with E-state index in [0.717, 1.165) is 64.6 Å². The van der Waals surface area contributed by atoms with Gasteiger partial charge < -0.3 is 106 Å². The van der Waals surface area contributed by atoms with Crippen LogP contribution < -0.4 is 80.7 Å².